The molecule has 0 spiro atoms. The number of hydrogen-bond acceptors (Lipinski definition) is 3. The van der Waals surface area contributed by atoms with E-state index in [2.05, 4.69) is 5.32 Å². The molecular weight excluding hydrogens is 296 g/mol. The van der Waals surface area contributed by atoms with Crippen LogP contribution in [0.3, 0.4) is 0 Å². The van der Waals surface area contributed by atoms with Crippen molar-refractivity contribution >= 4 is 29.3 Å². The summed E-state index contributed by atoms with van der Waals surface area (Å²) in [6.45, 7) is 0.558. The first-order valence-corrected chi connectivity index (χ1v) is 6.97. The van der Waals surface area contributed by atoms with E-state index in [1.54, 1.807) is 13.1 Å². The lowest BCUT2D eigenvalue weighted by Crippen LogP contribution is -2.41. The molecule has 114 valence electrons. The molecule has 0 bridgehead atoms. The van der Waals surface area contributed by atoms with Crippen LogP contribution in [0.1, 0.15) is 23.2 Å². The quantitative estimate of drug-likeness (QED) is 0.795. The van der Waals surface area contributed by atoms with Crippen molar-refractivity contribution in [2.75, 3.05) is 18.9 Å². The van der Waals surface area contributed by atoms with Gasteiger partial charge in [-0.15, -0.1) is 0 Å². The SMILES string of the molecule is CN(CC1CC(O)C1)C(=O)Nc1ccc(Cl)c(C(=O)O)c1. The predicted molar refractivity (Wildman–Crippen MR) is 78.8 cm³/mol. The van der Waals surface area contributed by atoms with E-state index in [1.165, 1.54) is 17.0 Å². The number of carboxylic acid groups (broad SMARTS) is 1. The summed E-state index contributed by atoms with van der Waals surface area (Å²) >= 11 is 5.77. The number of nitrogens with zero attached hydrogens (tertiary/aromatic N) is 1. The van der Waals surface area contributed by atoms with Gasteiger partial charge in [0.25, 0.3) is 0 Å². The lowest BCUT2D eigenvalue weighted by molar-refractivity contribution is 0.0332. The maximum absolute atomic E-state index is 12.0. The fraction of sp³-hybridized carbons (Fsp3) is 0.429. The second-order valence-corrected chi connectivity index (χ2v) is 5.71. The highest BCUT2D eigenvalue weighted by atomic mass is 35.5. The van der Waals surface area contributed by atoms with Gasteiger partial charge in [0.1, 0.15) is 0 Å². The van der Waals surface area contributed by atoms with Gasteiger partial charge in [-0.25, -0.2) is 9.59 Å². The predicted octanol–water partition coefficient (Wildman–Crippen LogP) is 2.27. The molecule has 7 heteroatoms. The molecular formula is C14H17ClN2O4. The summed E-state index contributed by atoms with van der Waals surface area (Å²) in [5.41, 5.74) is 0.321. The molecule has 0 saturated heterocycles. The maximum Gasteiger partial charge on any atom is 0.337 e. The average Bonchev–Trinajstić information content (AvgIpc) is 2.38. The summed E-state index contributed by atoms with van der Waals surface area (Å²) in [5, 5.41) is 21.0. The Morgan fingerprint density at radius 2 is 2.10 bits per heavy atom. The molecule has 21 heavy (non-hydrogen) atoms. The van der Waals surface area contributed by atoms with Gasteiger partial charge in [0.2, 0.25) is 0 Å². The molecule has 1 aliphatic carbocycles. The summed E-state index contributed by atoms with van der Waals surface area (Å²) in [4.78, 5) is 24.5. The van der Waals surface area contributed by atoms with E-state index in [4.69, 9.17) is 16.7 Å². The molecule has 0 unspecified atom stereocenters. The summed E-state index contributed by atoms with van der Waals surface area (Å²) in [6.07, 6.45) is 1.17. The number of anilines is 1. The van der Waals surface area contributed by atoms with Gasteiger partial charge in [-0.1, -0.05) is 11.6 Å². The monoisotopic (exact) mass is 312 g/mol. The molecule has 1 aliphatic rings. The van der Waals surface area contributed by atoms with Crippen LogP contribution in [-0.4, -0.2) is 46.8 Å². The molecule has 0 aromatic heterocycles. The van der Waals surface area contributed by atoms with Crippen molar-refractivity contribution in [3.05, 3.63) is 28.8 Å². The zero-order valence-corrected chi connectivity index (χ0v) is 12.3. The molecule has 6 nitrogen and oxygen atoms in total. The first kappa shape index (κ1) is 15.6. The van der Waals surface area contributed by atoms with Crippen LogP contribution in [0.15, 0.2) is 18.2 Å². The van der Waals surface area contributed by atoms with Gasteiger partial charge in [0, 0.05) is 19.3 Å². The second-order valence-electron chi connectivity index (χ2n) is 5.30. The van der Waals surface area contributed by atoms with Crippen LogP contribution in [0.4, 0.5) is 10.5 Å². The van der Waals surface area contributed by atoms with E-state index in [0.29, 0.717) is 31.0 Å². The number of carbonyl (C=O) groups excluding carboxylic acids is 1. The summed E-state index contributed by atoms with van der Waals surface area (Å²) < 4.78 is 0. The number of carbonyl (C=O) groups is 2. The Morgan fingerprint density at radius 1 is 1.43 bits per heavy atom. The second kappa shape index (κ2) is 6.32. The molecule has 0 radical (unpaired) electrons. The highest BCUT2D eigenvalue weighted by molar-refractivity contribution is 6.33. The fourth-order valence-corrected chi connectivity index (χ4v) is 2.50. The Morgan fingerprint density at radius 3 is 2.67 bits per heavy atom. The van der Waals surface area contributed by atoms with Gasteiger partial charge in [0.05, 0.1) is 16.7 Å². The molecule has 3 N–H and O–H groups in total. The lowest BCUT2D eigenvalue weighted by Gasteiger charge is -2.34. The maximum atomic E-state index is 12.0. The van der Waals surface area contributed by atoms with Crippen LogP contribution in [0.5, 0.6) is 0 Å². The number of amides is 2. The van der Waals surface area contributed by atoms with E-state index in [-0.39, 0.29) is 22.7 Å². The number of nitrogens with one attached hydrogen (secondary N) is 1. The van der Waals surface area contributed by atoms with Crippen molar-refractivity contribution in [1.82, 2.24) is 4.90 Å². The summed E-state index contributed by atoms with van der Waals surface area (Å²) in [7, 11) is 1.66. The third kappa shape index (κ3) is 3.86. The minimum Gasteiger partial charge on any atom is -0.478 e. The van der Waals surface area contributed by atoms with Gasteiger partial charge < -0.3 is 20.4 Å². The topological polar surface area (TPSA) is 89.9 Å². The number of aliphatic hydroxyl groups excluding tert-OH is 1. The zero-order chi connectivity index (χ0) is 15.6. The van der Waals surface area contributed by atoms with Crippen LogP contribution >= 0.6 is 11.6 Å². The smallest absolute Gasteiger partial charge is 0.337 e. The third-order valence-corrected chi connectivity index (χ3v) is 3.87. The number of rotatable bonds is 4. The first-order valence-electron chi connectivity index (χ1n) is 6.60. The Balaban J connectivity index is 1.95. The van der Waals surface area contributed by atoms with E-state index in [9.17, 15) is 14.7 Å². The number of carboxylic acids is 1. The molecule has 2 rings (SSSR count). The van der Waals surface area contributed by atoms with Crippen LogP contribution in [0, 0.1) is 5.92 Å². The number of hydrogen-bond donors (Lipinski definition) is 3. The zero-order valence-electron chi connectivity index (χ0n) is 11.5. The molecule has 1 aromatic carbocycles. The van der Waals surface area contributed by atoms with Crippen molar-refractivity contribution in [2.24, 2.45) is 5.92 Å². The minimum absolute atomic E-state index is 0.0563. The molecule has 0 heterocycles. The molecule has 1 fully saturated rings. The van der Waals surface area contributed by atoms with Gasteiger partial charge in [0.15, 0.2) is 0 Å². The molecule has 0 atom stereocenters. The largest absolute Gasteiger partial charge is 0.478 e. The van der Waals surface area contributed by atoms with Gasteiger partial charge >= 0.3 is 12.0 Å². The number of halogens is 1. The Labute approximate surface area is 127 Å². The van der Waals surface area contributed by atoms with Crippen molar-refractivity contribution in [2.45, 2.75) is 18.9 Å². The summed E-state index contributed by atoms with van der Waals surface area (Å²) in [5.74, 6) is -0.830. The van der Waals surface area contributed by atoms with Crippen molar-refractivity contribution < 1.29 is 19.8 Å². The average molecular weight is 313 g/mol. The third-order valence-electron chi connectivity index (χ3n) is 3.54. The van der Waals surface area contributed by atoms with Crippen LogP contribution < -0.4 is 5.32 Å². The molecule has 1 saturated carbocycles. The fourth-order valence-electron chi connectivity index (χ4n) is 2.31. The van der Waals surface area contributed by atoms with E-state index >= 15 is 0 Å². The normalized spacial score (nSPS) is 20.5. The van der Waals surface area contributed by atoms with Crippen molar-refractivity contribution in [3.63, 3.8) is 0 Å². The first-order chi connectivity index (χ1) is 9.86. The standard InChI is InChI=1S/C14H17ClN2O4/c1-17(7-8-4-10(18)5-8)14(21)16-9-2-3-12(15)11(6-9)13(19)20/h2-3,6,8,10,18H,4-5,7H2,1H3,(H,16,21)(H,19,20). The van der Waals surface area contributed by atoms with E-state index < -0.39 is 5.97 Å². The number of benzene rings is 1. The Bertz CT molecular complexity index is 558. The molecule has 0 aliphatic heterocycles. The summed E-state index contributed by atoms with van der Waals surface area (Å²) in [6, 6.07) is 3.98. The Hall–Kier alpha value is -1.79. The van der Waals surface area contributed by atoms with Crippen molar-refractivity contribution in [1.29, 1.82) is 0 Å². The van der Waals surface area contributed by atoms with Crippen LogP contribution in [0.25, 0.3) is 0 Å². The van der Waals surface area contributed by atoms with E-state index in [1.807, 2.05) is 0 Å². The number of aromatic carboxylic acids is 1. The van der Waals surface area contributed by atoms with Gasteiger partial charge in [-0.05, 0) is 37.0 Å². The van der Waals surface area contributed by atoms with E-state index in [0.717, 1.165) is 0 Å². The van der Waals surface area contributed by atoms with Gasteiger partial charge in [-0.2, -0.15) is 0 Å². The highest BCUT2D eigenvalue weighted by Gasteiger charge is 2.29. The van der Waals surface area contributed by atoms with Crippen LogP contribution in [0.2, 0.25) is 5.02 Å². The molecule has 1 aromatic rings. The highest BCUT2D eigenvalue weighted by Crippen LogP contribution is 2.27. The van der Waals surface area contributed by atoms with Crippen LogP contribution in [-0.2, 0) is 0 Å². The van der Waals surface area contributed by atoms with Gasteiger partial charge in [-0.3, -0.25) is 0 Å². The molecule has 2 amide bonds. The lowest BCUT2D eigenvalue weighted by atomic mass is 9.82. The number of aliphatic hydroxyl groups is 1. The van der Waals surface area contributed by atoms with Crippen molar-refractivity contribution in [3.8, 4) is 0 Å². The number of urea groups is 1. The Kier molecular flexibility index (Phi) is 4.69. The minimum atomic E-state index is -1.15.